The maximum absolute atomic E-state index is 10.8. The van der Waals surface area contributed by atoms with Gasteiger partial charge in [-0.2, -0.15) is 0 Å². The number of nitrogens with zero attached hydrogens (tertiary/aromatic N) is 1. The topological polar surface area (TPSA) is 72.6 Å². The van der Waals surface area contributed by atoms with E-state index in [9.17, 15) is 4.79 Å². The number of carboxylic acids is 1. The Hall–Kier alpha value is -2.30. The summed E-state index contributed by atoms with van der Waals surface area (Å²) in [6.07, 6.45) is 1.31. The minimum absolute atomic E-state index is 0.00951. The maximum Gasteiger partial charge on any atom is 0.358 e. The third-order valence-electron chi connectivity index (χ3n) is 2.83. The van der Waals surface area contributed by atoms with Crippen molar-refractivity contribution in [1.82, 2.24) is 4.98 Å². The van der Waals surface area contributed by atoms with Gasteiger partial charge >= 0.3 is 5.97 Å². The molecule has 2 rings (SSSR count). The van der Waals surface area contributed by atoms with Gasteiger partial charge in [-0.25, -0.2) is 9.78 Å². The molecular weight excluding hydrogens is 246 g/mol. The predicted octanol–water partition coefficient (Wildman–Crippen LogP) is 2.48. The van der Waals surface area contributed by atoms with E-state index in [4.69, 9.17) is 14.3 Å². The first-order valence-electron chi connectivity index (χ1n) is 5.92. The van der Waals surface area contributed by atoms with E-state index < -0.39 is 5.97 Å². The summed E-state index contributed by atoms with van der Waals surface area (Å²) in [4.78, 5) is 14.8. The Balaban J connectivity index is 2.01. The lowest BCUT2D eigenvalue weighted by atomic mass is 10.1. The van der Waals surface area contributed by atoms with Crippen molar-refractivity contribution in [2.75, 3.05) is 7.11 Å². The molecular formula is C14H15NO4. The van der Waals surface area contributed by atoms with Gasteiger partial charge in [0.15, 0.2) is 11.6 Å². The summed E-state index contributed by atoms with van der Waals surface area (Å²) in [5, 5.41) is 8.89. The molecule has 0 atom stereocenters. The molecule has 0 saturated heterocycles. The lowest BCUT2D eigenvalue weighted by molar-refractivity contribution is 0.0689. The number of aromatic nitrogens is 1. The third kappa shape index (κ3) is 3.13. The number of benzene rings is 1. The fourth-order valence-corrected chi connectivity index (χ4v) is 1.80. The smallest absolute Gasteiger partial charge is 0.358 e. The largest absolute Gasteiger partial charge is 0.497 e. The molecule has 0 amide bonds. The van der Waals surface area contributed by atoms with Crippen LogP contribution in [0.3, 0.4) is 0 Å². The van der Waals surface area contributed by atoms with Crippen LogP contribution in [0, 0.1) is 6.92 Å². The van der Waals surface area contributed by atoms with Crippen LogP contribution in [0.2, 0.25) is 0 Å². The van der Waals surface area contributed by atoms with Crippen LogP contribution < -0.4 is 4.74 Å². The molecule has 1 heterocycles. The fourth-order valence-electron chi connectivity index (χ4n) is 1.80. The number of carbonyl (C=O) groups is 1. The highest BCUT2D eigenvalue weighted by Gasteiger charge is 2.15. The van der Waals surface area contributed by atoms with Gasteiger partial charge in [0.05, 0.1) is 7.11 Å². The second-order valence-corrected chi connectivity index (χ2v) is 4.17. The highest BCUT2D eigenvalue weighted by atomic mass is 16.5. The van der Waals surface area contributed by atoms with E-state index in [1.807, 2.05) is 24.3 Å². The second kappa shape index (κ2) is 5.56. The van der Waals surface area contributed by atoms with Crippen LogP contribution in [0.4, 0.5) is 0 Å². The zero-order chi connectivity index (χ0) is 13.8. The van der Waals surface area contributed by atoms with Crippen molar-refractivity contribution in [1.29, 1.82) is 0 Å². The molecule has 1 aromatic carbocycles. The first kappa shape index (κ1) is 13.1. The average Bonchev–Trinajstić information content (AvgIpc) is 2.78. The molecule has 19 heavy (non-hydrogen) atoms. The Bertz CT molecular complexity index is 572. The number of methoxy groups -OCH3 is 1. The van der Waals surface area contributed by atoms with Crippen LogP contribution in [-0.4, -0.2) is 23.2 Å². The zero-order valence-corrected chi connectivity index (χ0v) is 10.8. The van der Waals surface area contributed by atoms with Gasteiger partial charge in [-0.05, 0) is 31.0 Å². The highest BCUT2D eigenvalue weighted by molar-refractivity contribution is 5.86. The Kier molecular flexibility index (Phi) is 3.85. The molecule has 0 radical (unpaired) electrons. The molecule has 0 spiro atoms. The van der Waals surface area contributed by atoms with Gasteiger partial charge in [-0.3, -0.25) is 0 Å². The monoisotopic (exact) mass is 261 g/mol. The van der Waals surface area contributed by atoms with Gasteiger partial charge in [-0.1, -0.05) is 12.1 Å². The molecule has 2 aromatic rings. The third-order valence-corrected chi connectivity index (χ3v) is 2.83. The normalized spacial score (nSPS) is 10.4. The number of hydrogen-bond acceptors (Lipinski definition) is 4. The Morgan fingerprint density at radius 1 is 1.32 bits per heavy atom. The van der Waals surface area contributed by atoms with Gasteiger partial charge < -0.3 is 14.3 Å². The first-order valence-corrected chi connectivity index (χ1v) is 5.92. The Labute approximate surface area is 110 Å². The van der Waals surface area contributed by atoms with E-state index in [1.165, 1.54) is 0 Å². The molecule has 0 bridgehead atoms. The van der Waals surface area contributed by atoms with E-state index >= 15 is 0 Å². The van der Waals surface area contributed by atoms with Gasteiger partial charge in [0.25, 0.3) is 0 Å². The number of carboxylic acid groups (broad SMARTS) is 1. The van der Waals surface area contributed by atoms with Gasteiger partial charge in [0, 0.05) is 6.42 Å². The molecule has 0 aliphatic carbocycles. The minimum Gasteiger partial charge on any atom is -0.497 e. The maximum atomic E-state index is 10.8. The van der Waals surface area contributed by atoms with Crippen LogP contribution in [0.25, 0.3) is 0 Å². The van der Waals surface area contributed by atoms with E-state index in [2.05, 4.69) is 4.98 Å². The summed E-state index contributed by atoms with van der Waals surface area (Å²) in [6, 6.07) is 7.71. The summed E-state index contributed by atoms with van der Waals surface area (Å²) in [6.45, 7) is 1.60. The SMILES string of the molecule is COc1ccc(CCc2nc(C(=O)O)c(C)o2)cc1. The molecule has 5 nitrogen and oxygen atoms in total. The molecule has 0 aliphatic rings. The summed E-state index contributed by atoms with van der Waals surface area (Å²) in [7, 11) is 1.62. The number of oxazole rings is 1. The van der Waals surface area contributed by atoms with Crippen molar-refractivity contribution in [2.45, 2.75) is 19.8 Å². The molecule has 5 heteroatoms. The second-order valence-electron chi connectivity index (χ2n) is 4.17. The molecule has 0 aliphatic heterocycles. The molecule has 0 saturated carbocycles. The number of ether oxygens (including phenoxy) is 1. The minimum atomic E-state index is -1.06. The van der Waals surface area contributed by atoms with Crippen molar-refractivity contribution < 1.29 is 19.1 Å². The zero-order valence-electron chi connectivity index (χ0n) is 10.8. The summed E-state index contributed by atoms with van der Waals surface area (Å²) in [5.41, 5.74) is 1.11. The Morgan fingerprint density at radius 2 is 2.00 bits per heavy atom. The van der Waals surface area contributed by atoms with Crippen molar-refractivity contribution in [3.05, 3.63) is 47.2 Å². The standard InChI is InChI=1S/C14H15NO4/c1-9-13(14(16)17)15-12(19-9)8-5-10-3-6-11(18-2)7-4-10/h3-4,6-7H,5,8H2,1-2H3,(H,16,17). The van der Waals surface area contributed by atoms with Crippen LogP contribution in [0.15, 0.2) is 28.7 Å². The van der Waals surface area contributed by atoms with Crippen molar-refractivity contribution in [3.63, 3.8) is 0 Å². The van der Waals surface area contributed by atoms with Crippen LogP contribution in [0.1, 0.15) is 27.7 Å². The van der Waals surface area contributed by atoms with E-state index in [0.717, 1.165) is 17.7 Å². The number of aryl methyl sites for hydroxylation is 3. The summed E-state index contributed by atoms with van der Waals surface area (Å²) >= 11 is 0. The van der Waals surface area contributed by atoms with E-state index in [0.29, 0.717) is 18.1 Å². The van der Waals surface area contributed by atoms with Gasteiger partial charge in [-0.15, -0.1) is 0 Å². The van der Waals surface area contributed by atoms with Gasteiger partial charge in [0.1, 0.15) is 11.5 Å². The van der Waals surface area contributed by atoms with Gasteiger partial charge in [0.2, 0.25) is 0 Å². The number of aromatic carboxylic acids is 1. The molecule has 1 aromatic heterocycles. The predicted molar refractivity (Wildman–Crippen MR) is 68.6 cm³/mol. The van der Waals surface area contributed by atoms with E-state index in [-0.39, 0.29) is 5.69 Å². The molecule has 0 unspecified atom stereocenters. The van der Waals surface area contributed by atoms with Crippen LogP contribution >= 0.6 is 0 Å². The molecule has 0 fully saturated rings. The molecule has 100 valence electrons. The summed E-state index contributed by atoms with van der Waals surface area (Å²) < 4.78 is 10.4. The number of rotatable bonds is 5. The lowest BCUT2D eigenvalue weighted by Gasteiger charge is -2.01. The number of hydrogen-bond donors (Lipinski definition) is 1. The van der Waals surface area contributed by atoms with Crippen LogP contribution in [-0.2, 0) is 12.8 Å². The van der Waals surface area contributed by atoms with Crippen molar-refractivity contribution in [2.24, 2.45) is 0 Å². The average molecular weight is 261 g/mol. The van der Waals surface area contributed by atoms with E-state index in [1.54, 1.807) is 14.0 Å². The van der Waals surface area contributed by atoms with Crippen molar-refractivity contribution in [3.8, 4) is 5.75 Å². The highest BCUT2D eigenvalue weighted by Crippen LogP contribution is 2.15. The summed E-state index contributed by atoms with van der Waals surface area (Å²) in [5.74, 6) is 0.545. The lowest BCUT2D eigenvalue weighted by Crippen LogP contribution is -1.99. The van der Waals surface area contributed by atoms with Crippen molar-refractivity contribution >= 4 is 5.97 Å². The quantitative estimate of drug-likeness (QED) is 0.895. The fraction of sp³-hybridized carbons (Fsp3) is 0.286. The van der Waals surface area contributed by atoms with Crippen LogP contribution in [0.5, 0.6) is 5.75 Å². The molecule has 1 N–H and O–H groups in total. The first-order chi connectivity index (χ1) is 9.10. The Morgan fingerprint density at radius 3 is 2.53 bits per heavy atom.